The van der Waals surface area contributed by atoms with Gasteiger partial charge in [0, 0.05) is 57.2 Å². The highest BCUT2D eigenvalue weighted by Gasteiger charge is 2.43. The predicted molar refractivity (Wildman–Crippen MR) is 144 cm³/mol. The van der Waals surface area contributed by atoms with Crippen LogP contribution in [0.4, 0.5) is 34.6 Å². The lowest BCUT2D eigenvalue weighted by Gasteiger charge is -2.50. The summed E-state index contributed by atoms with van der Waals surface area (Å²) in [6.45, 7) is 3.69. The molecule has 6 rings (SSSR count). The van der Waals surface area contributed by atoms with Gasteiger partial charge in [0.2, 0.25) is 5.91 Å². The topological polar surface area (TPSA) is 30.0 Å². The number of carbonyl (C=O) groups excluding carboxylic acids is 1. The summed E-state index contributed by atoms with van der Waals surface area (Å²) in [5, 5.41) is 0. The third-order valence-electron chi connectivity index (χ3n) is 8.26. The molecular weight excluding hydrogens is 508 g/mol. The monoisotopic (exact) mass is 538 g/mol. The summed E-state index contributed by atoms with van der Waals surface area (Å²) in [5.41, 5.74) is 2.67. The fourth-order valence-electron chi connectivity index (χ4n) is 6.27. The summed E-state index contributed by atoms with van der Waals surface area (Å²) in [7, 11) is 0. The molecule has 3 heterocycles. The first kappa shape index (κ1) is 25.5. The number of carbonyl (C=O) groups is 1. The molecule has 2 saturated heterocycles. The quantitative estimate of drug-likeness (QED) is 0.436. The van der Waals surface area contributed by atoms with Gasteiger partial charge >= 0.3 is 6.18 Å². The number of hydrogen-bond donors (Lipinski definition) is 0. The van der Waals surface area contributed by atoms with Crippen molar-refractivity contribution in [2.75, 3.05) is 60.5 Å². The number of benzene rings is 3. The van der Waals surface area contributed by atoms with Crippen LogP contribution in [0.1, 0.15) is 11.1 Å². The number of nitrogens with zero attached hydrogens (tertiary/aromatic N) is 4. The van der Waals surface area contributed by atoms with Crippen molar-refractivity contribution in [3.8, 4) is 0 Å². The van der Waals surface area contributed by atoms with Gasteiger partial charge in [-0.3, -0.25) is 4.79 Å². The van der Waals surface area contributed by atoms with Crippen LogP contribution in [0.2, 0.25) is 0 Å². The van der Waals surface area contributed by atoms with E-state index in [0.29, 0.717) is 63.6 Å². The highest BCUT2D eigenvalue weighted by molar-refractivity contribution is 5.83. The zero-order valence-corrected chi connectivity index (χ0v) is 21.4. The van der Waals surface area contributed by atoms with Crippen LogP contribution in [-0.4, -0.2) is 62.7 Å². The average Bonchev–Trinajstić information content (AvgIpc) is 2.96. The maximum atomic E-state index is 14.7. The summed E-state index contributed by atoms with van der Waals surface area (Å²) in [5.74, 6) is -0.510. The second-order valence-corrected chi connectivity index (χ2v) is 10.5. The number of para-hydroxylation sites is 2. The number of anilines is 3. The smallest absolute Gasteiger partial charge is 0.368 e. The Morgan fingerprint density at radius 3 is 2.21 bits per heavy atom. The van der Waals surface area contributed by atoms with Gasteiger partial charge in [0.15, 0.2) is 0 Å². The molecule has 39 heavy (non-hydrogen) atoms. The molecule has 2 atom stereocenters. The summed E-state index contributed by atoms with van der Waals surface area (Å²) in [6, 6.07) is 20.2. The van der Waals surface area contributed by atoms with E-state index in [9.17, 15) is 22.4 Å². The van der Waals surface area contributed by atoms with Crippen molar-refractivity contribution >= 4 is 23.0 Å². The molecule has 3 aromatic carbocycles. The molecule has 0 aromatic heterocycles. The maximum Gasteiger partial charge on any atom is 0.416 e. The van der Waals surface area contributed by atoms with Crippen molar-refractivity contribution in [3.63, 3.8) is 0 Å². The van der Waals surface area contributed by atoms with Crippen molar-refractivity contribution in [3.05, 3.63) is 89.7 Å². The summed E-state index contributed by atoms with van der Waals surface area (Å²) in [4.78, 5) is 22.1. The lowest BCUT2D eigenvalue weighted by atomic mass is 9.82. The molecular formula is C30H30F4N4O. The Bertz CT molecular complexity index is 1350. The minimum absolute atomic E-state index is 0.0542. The van der Waals surface area contributed by atoms with E-state index in [2.05, 4.69) is 17.0 Å². The molecule has 0 N–H and O–H groups in total. The minimum atomic E-state index is -4.40. The first-order valence-corrected chi connectivity index (χ1v) is 13.3. The highest BCUT2D eigenvalue weighted by atomic mass is 19.4. The molecule has 0 radical (unpaired) electrons. The van der Waals surface area contributed by atoms with Crippen LogP contribution in [0.25, 0.3) is 0 Å². The molecule has 204 valence electrons. The van der Waals surface area contributed by atoms with Crippen molar-refractivity contribution < 1.29 is 22.4 Å². The molecule has 0 bridgehead atoms. The molecule has 0 aliphatic carbocycles. The Kier molecular flexibility index (Phi) is 6.61. The Labute approximate surface area is 225 Å². The van der Waals surface area contributed by atoms with Gasteiger partial charge < -0.3 is 19.6 Å². The van der Waals surface area contributed by atoms with Crippen molar-refractivity contribution in [2.24, 2.45) is 5.92 Å². The van der Waals surface area contributed by atoms with Crippen LogP contribution in [0.15, 0.2) is 72.8 Å². The van der Waals surface area contributed by atoms with Crippen LogP contribution in [0.5, 0.6) is 0 Å². The zero-order valence-electron chi connectivity index (χ0n) is 21.4. The van der Waals surface area contributed by atoms with Crippen LogP contribution < -0.4 is 14.7 Å². The van der Waals surface area contributed by atoms with E-state index in [1.54, 1.807) is 18.2 Å². The van der Waals surface area contributed by atoms with Gasteiger partial charge in [-0.2, -0.15) is 13.2 Å². The minimum Gasteiger partial charge on any atom is -0.368 e. The van der Waals surface area contributed by atoms with Crippen LogP contribution in [0.3, 0.4) is 0 Å². The number of fused-ring (bicyclic) bond motifs is 3. The predicted octanol–water partition coefficient (Wildman–Crippen LogP) is 5.06. The molecule has 2 unspecified atom stereocenters. The Balaban J connectivity index is 1.21. The van der Waals surface area contributed by atoms with Gasteiger partial charge in [-0.05, 0) is 48.4 Å². The first-order chi connectivity index (χ1) is 18.8. The number of amides is 1. The fraction of sp³-hybridized carbons (Fsp3) is 0.367. The summed E-state index contributed by atoms with van der Waals surface area (Å²) < 4.78 is 54.3. The van der Waals surface area contributed by atoms with E-state index >= 15 is 0 Å². The Hall–Kier alpha value is -3.75. The van der Waals surface area contributed by atoms with E-state index in [-0.39, 0.29) is 23.7 Å². The standard InChI is InChI=1S/C30H30F4N4O/c31-25-9-2-4-11-27(25)37-16-17-38-26-10-3-1-6-21(26)18-24(28(38)20-37)29(39)36-14-12-35(13-15-36)23-8-5-7-22(19-23)30(32,33)34/h1-11,19,24,28H,12-18,20H2. The van der Waals surface area contributed by atoms with Crippen molar-refractivity contribution in [1.29, 1.82) is 0 Å². The van der Waals surface area contributed by atoms with E-state index in [1.165, 1.54) is 18.2 Å². The van der Waals surface area contributed by atoms with Gasteiger partial charge in [-0.25, -0.2) is 4.39 Å². The lowest BCUT2D eigenvalue weighted by Crippen LogP contribution is -2.62. The third kappa shape index (κ3) is 4.90. The molecule has 1 amide bonds. The fourth-order valence-corrected chi connectivity index (χ4v) is 6.27. The van der Waals surface area contributed by atoms with Gasteiger partial charge in [0.05, 0.1) is 23.2 Å². The van der Waals surface area contributed by atoms with E-state index < -0.39 is 11.7 Å². The van der Waals surface area contributed by atoms with E-state index in [1.807, 2.05) is 32.9 Å². The molecule has 0 saturated carbocycles. The molecule has 3 aliphatic heterocycles. The second-order valence-electron chi connectivity index (χ2n) is 10.5. The van der Waals surface area contributed by atoms with Gasteiger partial charge in [0.1, 0.15) is 5.82 Å². The van der Waals surface area contributed by atoms with Gasteiger partial charge in [-0.15, -0.1) is 0 Å². The largest absolute Gasteiger partial charge is 0.416 e. The Morgan fingerprint density at radius 1 is 0.769 bits per heavy atom. The summed E-state index contributed by atoms with van der Waals surface area (Å²) in [6.07, 6.45) is -3.79. The first-order valence-electron chi connectivity index (χ1n) is 13.3. The van der Waals surface area contributed by atoms with Crippen molar-refractivity contribution in [2.45, 2.75) is 18.6 Å². The second kappa shape index (κ2) is 10.1. The van der Waals surface area contributed by atoms with Gasteiger partial charge in [0.25, 0.3) is 0 Å². The van der Waals surface area contributed by atoms with E-state index in [0.717, 1.165) is 17.3 Å². The normalized spacial score (nSPS) is 21.4. The van der Waals surface area contributed by atoms with Crippen LogP contribution in [-0.2, 0) is 17.4 Å². The van der Waals surface area contributed by atoms with Gasteiger partial charge in [-0.1, -0.05) is 36.4 Å². The number of rotatable bonds is 3. The average molecular weight is 539 g/mol. The molecule has 5 nitrogen and oxygen atoms in total. The van der Waals surface area contributed by atoms with Crippen LogP contribution in [0, 0.1) is 11.7 Å². The molecule has 9 heteroatoms. The SMILES string of the molecule is O=C(C1Cc2ccccc2N2CCN(c3ccccc3F)CC12)N1CCN(c2cccc(C(F)(F)F)c2)CC1. The lowest BCUT2D eigenvalue weighted by molar-refractivity contribution is -0.137. The zero-order chi connectivity index (χ0) is 27.1. The molecule has 3 aromatic rings. The number of hydrogen-bond acceptors (Lipinski definition) is 4. The maximum absolute atomic E-state index is 14.7. The summed E-state index contributed by atoms with van der Waals surface area (Å²) >= 11 is 0. The van der Waals surface area contributed by atoms with Crippen molar-refractivity contribution in [1.82, 2.24) is 4.90 Å². The number of piperazine rings is 2. The third-order valence-corrected chi connectivity index (χ3v) is 8.26. The Morgan fingerprint density at radius 2 is 1.46 bits per heavy atom. The highest BCUT2D eigenvalue weighted by Crippen LogP contribution is 2.38. The molecule has 0 spiro atoms. The van der Waals surface area contributed by atoms with Crippen LogP contribution >= 0.6 is 0 Å². The molecule has 3 aliphatic rings. The number of halogens is 4. The molecule has 2 fully saturated rings. The van der Waals surface area contributed by atoms with E-state index in [4.69, 9.17) is 0 Å². The number of alkyl halides is 3.